The van der Waals surface area contributed by atoms with Gasteiger partial charge in [-0.25, -0.2) is 18.7 Å². The van der Waals surface area contributed by atoms with Gasteiger partial charge < -0.3 is 25.0 Å². The highest BCUT2D eigenvalue weighted by atomic mass is 19.3. The van der Waals surface area contributed by atoms with Crippen molar-refractivity contribution < 1.29 is 28.2 Å². The van der Waals surface area contributed by atoms with Crippen LogP contribution in [0.15, 0.2) is 24.5 Å². The zero-order valence-corrected chi connectivity index (χ0v) is 21.8. The maximum absolute atomic E-state index is 13.6. The van der Waals surface area contributed by atoms with Crippen LogP contribution in [-0.2, 0) is 4.79 Å². The molecule has 1 aromatic carbocycles. The van der Waals surface area contributed by atoms with E-state index >= 15 is 0 Å². The Balaban J connectivity index is 1.33. The van der Waals surface area contributed by atoms with Gasteiger partial charge in [-0.05, 0) is 63.6 Å². The molecule has 2 amide bonds. The van der Waals surface area contributed by atoms with Crippen LogP contribution in [0.25, 0.3) is 22.3 Å². The van der Waals surface area contributed by atoms with E-state index in [0.717, 1.165) is 25.7 Å². The van der Waals surface area contributed by atoms with Crippen LogP contribution < -0.4 is 10.1 Å². The van der Waals surface area contributed by atoms with Crippen LogP contribution in [0.4, 0.5) is 8.78 Å². The Morgan fingerprint density at radius 2 is 2.05 bits per heavy atom. The fraction of sp³-hybridized carbons (Fsp3) is 0.500. The van der Waals surface area contributed by atoms with E-state index in [4.69, 9.17) is 4.74 Å². The summed E-state index contributed by atoms with van der Waals surface area (Å²) in [4.78, 5) is 39.6. The average molecular weight is 540 g/mol. The Kier molecular flexibility index (Phi) is 6.28. The minimum Gasteiger partial charge on any atom is -0.493 e. The highest BCUT2D eigenvalue weighted by Gasteiger charge is 2.56. The van der Waals surface area contributed by atoms with Crippen molar-refractivity contribution in [3.05, 3.63) is 41.3 Å². The summed E-state index contributed by atoms with van der Waals surface area (Å²) >= 11 is 0. The number of fused-ring (bicyclic) bond motifs is 1. The molecule has 6 rings (SSSR count). The van der Waals surface area contributed by atoms with E-state index in [1.807, 2.05) is 0 Å². The van der Waals surface area contributed by atoms with Crippen LogP contribution in [0.3, 0.4) is 0 Å². The van der Waals surface area contributed by atoms with Gasteiger partial charge >= 0.3 is 0 Å². The average Bonchev–Trinajstić information content (AvgIpc) is 3.81. The minimum absolute atomic E-state index is 0.149. The van der Waals surface area contributed by atoms with Crippen molar-refractivity contribution in [2.45, 2.75) is 58.1 Å². The van der Waals surface area contributed by atoms with Crippen molar-refractivity contribution in [2.75, 3.05) is 19.7 Å². The number of amides is 2. The zero-order valence-electron chi connectivity index (χ0n) is 21.8. The summed E-state index contributed by atoms with van der Waals surface area (Å²) in [5.74, 6) is 0.245. The molecule has 206 valence electrons. The minimum atomic E-state index is -2.66. The molecular weight excluding hydrogens is 508 g/mol. The lowest BCUT2D eigenvalue weighted by Crippen LogP contribution is -2.42. The second-order valence-electron chi connectivity index (χ2n) is 11.2. The number of aryl methyl sites for hydroxylation is 1. The maximum Gasteiger partial charge on any atom is 0.263 e. The van der Waals surface area contributed by atoms with Gasteiger partial charge in [-0.15, -0.1) is 0 Å². The molecule has 3 aliphatic rings. The third-order valence-corrected chi connectivity index (χ3v) is 8.20. The van der Waals surface area contributed by atoms with E-state index in [1.165, 1.54) is 25.4 Å². The number of benzene rings is 1. The van der Waals surface area contributed by atoms with Crippen molar-refractivity contribution >= 4 is 22.8 Å². The van der Waals surface area contributed by atoms with Crippen molar-refractivity contribution in [3.63, 3.8) is 0 Å². The molecule has 3 heterocycles. The summed E-state index contributed by atoms with van der Waals surface area (Å²) in [5, 5.41) is 12.9. The standard InChI is InChI=1S/C28H31F2N5O4/c1-14-21(26(37)34-20-10-35(27(38)15(2)36)12-28(20)7-8-28)23-24(33-14)22(31-13-32-23)18-9-17(25(29)30)5-6-19(18)39-11-16-3-4-16/h5-6,9,13,15-16,20,25,33,36H,3-4,7-8,10-12H2,1-2H3,(H,34,37)/t15-,20+/m0/s1. The highest BCUT2D eigenvalue weighted by Crippen LogP contribution is 2.53. The molecule has 2 aliphatic carbocycles. The largest absolute Gasteiger partial charge is 0.493 e. The first-order valence-electron chi connectivity index (χ1n) is 13.3. The second kappa shape index (κ2) is 9.55. The topological polar surface area (TPSA) is 120 Å². The Labute approximate surface area is 224 Å². The lowest BCUT2D eigenvalue weighted by atomic mass is 10.00. The predicted octanol–water partition coefficient (Wildman–Crippen LogP) is 3.76. The molecule has 11 heteroatoms. The van der Waals surface area contributed by atoms with Crippen molar-refractivity contribution in [2.24, 2.45) is 11.3 Å². The van der Waals surface area contributed by atoms with Crippen LogP contribution in [0.2, 0.25) is 0 Å². The summed E-state index contributed by atoms with van der Waals surface area (Å²) in [7, 11) is 0. The number of carbonyl (C=O) groups excluding carboxylic acids is 2. The molecule has 39 heavy (non-hydrogen) atoms. The van der Waals surface area contributed by atoms with E-state index < -0.39 is 12.5 Å². The van der Waals surface area contributed by atoms with E-state index in [-0.39, 0.29) is 28.8 Å². The summed E-state index contributed by atoms with van der Waals surface area (Å²) < 4.78 is 33.2. The summed E-state index contributed by atoms with van der Waals surface area (Å²) in [6.07, 6.45) is 1.53. The van der Waals surface area contributed by atoms with Gasteiger partial charge in [-0.2, -0.15) is 0 Å². The number of alkyl halides is 2. The van der Waals surface area contributed by atoms with E-state index in [0.29, 0.717) is 64.9 Å². The number of nitrogens with one attached hydrogen (secondary N) is 2. The number of H-pyrrole nitrogens is 1. The van der Waals surface area contributed by atoms with Gasteiger partial charge in [-0.1, -0.05) is 0 Å². The van der Waals surface area contributed by atoms with Crippen molar-refractivity contribution in [3.8, 4) is 17.0 Å². The third kappa shape index (κ3) is 4.73. The fourth-order valence-electron chi connectivity index (χ4n) is 5.59. The predicted molar refractivity (Wildman–Crippen MR) is 138 cm³/mol. The molecule has 2 saturated carbocycles. The lowest BCUT2D eigenvalue weighted by Gasteiger charge is -2.19. The van der Waals surface area contributed by atoms with E-state index in [9.17, 15) is 23.5 Å². The van der Waals surface area contributed by atoms with Gasteiger partial charge in [-0.3, -0.25) is 9.59 Å². The van der Waals surface area contributed by atoms with E-state index in [1.54, 1.807) is 17.9 Å². The zero-order chi connectivity index (χ0) is 27.5. The molecule has 3 fully saturated rings. The molecule has 1 saturated heterocycles. The first-order valence-corrected chi connectivity index (χ1v) is 13.3. The van der Waals surface area contributed by atoms with Gasteiger partial charge in [0.15, 0.2) is 0 Å². The molecular formula is C28H31F2N5O4. The van der Waals surface area contributed by atoms with Crippen LogP contribution in [0.1, 0.15) is 60.6 Å². The molecule has 3 N–H and O–H groups in total. The van der Waals surface area contributed by atoms with Gasteiger partial charge in [0.05, 0.1) is 23.7 Å². The van der Waals surface area contributed by atoms with Crippen LogP contribution in [0.5, 0.6) is 5.75 Å². The van der Waals surface area contributed by atoms with E-state index in [2.05, 4.69) is 20.3 Å². The smallest absolute Gasteiger partial charge is 0.263 e. The number of rotatable bonds is 8. The molecule has 2 atom stereocenters. The van der Waals surface area contributed by atoms with Gasteiger partial charge in [0, 0.05) is 35.3 Å². The molecule has 0 bridgehead atoms. The SMILES string of the molecule is Cc1[nH]c2c(-c3cc(C(F)F)ccc3OCC3CC3)ncnc2c1C(=O)N[C@@H]1CN(C(=O)[C@H](C)O)CC12CC2. The fourth-order valence-corrected chi connectivity index (χ4v) is 5.59. The maximum atomic E-state index is 13.6. The van der Waals surface area contributed by atoms with Gasteiger partial charge in [0.25, 0.3) is 18.2 Å². The highest BCUT2D eigenvalue weighted by molar-refractivity contribution is 6.09. The number of nitrogens with zero attached hydrogens (tertiary/aromatic N) is 3. The molecule has 0 radical (unpaired) electrons. The Morgan fingerprint density at radius 3 is 2.72 bits per heavy atom. The molecule has 2 aromatic heterocycles. The summed E-state index contributed by atoms with van der Waals surface area (Å²) in [6.45, 7) is 4.54. The molecule has 0 unspecified atom stereocenters. The molecule has 1 aliphatic heterocycles. The van der Waals surface area contributed by atoms with Crippen LogP contribution >= 0.6 is 0 Å². The Hall–Kier alpha value is -3.60. The first kappa shape index (κ1) is 25.7. The number of aliphatic hydroxyl groups is 1. The van der Waals surface area contributed by atoms with Crippen molar-refractivity contribution in [1.82, 2.24) is 25.2 Å². The molecule has 1 spiro atoms. The number of aromatic amines is 1. The van der Waals surface area contributed by atoms with Crippen molar-refractivity contribution in [1.29, 1.82) is 0 Å². The monoisotopic (exact) mass is 539 g/mol. The number of aliphatic hydroxyl groups excluding tert-OH is 1. The lowest BCUT2D eigenvalue weighted by molar-refractivity contribution is -0.138. The molecule has 3 aromatic rings. The Bertz CT molecular complexity index is 1450. The number of likely N-dealkylation sites (tertiary alicyclic amines) is 1. The van der Waals surface area contributed by atoms with Gasteiger partial charge in [0.2, 0.25) is 0 Å². The number of ether oxygens (including phenoxy) is 1. The second-order valence-corrected chi connectivity index (χ2v) is 11.2. The number of halogens is 2. The van der Waals surface area contributed by atoms with Gasteiger partial charge in [0.1, 0.15) is 29.4 Å². The normalized spacial score (nSPS) is 20.6. The number of aromatic nitrogens is 3. The Morgan fingerprint density at radius 1 is 1.28 bits per heavy atom. The van der Waals surface area contributed by atoms with Crippen LogP contribution in [-0.4, -0.2) is 68.6 Å². The molecule has 9 nitrogen and oxygen atoms in total. The third-order valence-electron chi connectivity index (χ3n) is 8.20. The summed E-state index contributed by atoms with van der Waals surface area (Å²) in [6, 6.07) is 4.04. The number of hydrogen-bond acceptors (Lipinski definition) is 6. The number of hydrogen-bond donors (Lipinski definition) is 3. The van der Waals surface area contributed by atoms with Crippen LogP contribution in [0, 0.1) is 18.3 Å². The first-order chi connectivity index (χ1) is 18.7. The summed E-state index contributed by atoms with van der Waals surface area (Å²) in [5.41, 5.74) is 2.21. The quantitative estimate of drug-likeness (QED) is 0.401. The number of carbonyl (C=O) groups is 2.